The third-order valence-corrected chi connectivity index (χ3v) is 6.35. The lowest BCUT2D eigenvalue weighted by atomic mass is 10.0. The molecule has 1 aromatic carbocycles. The Bertz CT molecular complexity index is 922. The minimum atomic E-state index is 0.200. The molecule has 1 amide bonds. The van der Waals surface area contributed by atoms with Crippen molar-refractivity contribution >= 4 is 44.9 Å². The Morgan fingerprint density at radius 3 is 3.12 bits per heavy atom. The van der Waals surface area contributed by atoms with Crippen molar-refractivity contribution in [3.05, 3.63) is 47.1 Å². The van der Waals surface area contributed by atoms with Crippen LogP contribution in [0.2, 0.25) is 0 Å². The molecule has 4 rings (SSSR count). The number of benzene rings is 1. The molecule has 1 aliphatic heterocycles. The van der Waals surface area contributed by atoms with E-state index in [0.29, 0.717) is 6.42 Å². The second kappa shape index (κ2) is 7.14. The predicted octanol–water partition coefficient (Wildman–Crippen LogP) is 4.46. The lowest BCUT2D eigenvalue weighted by molar-refractivity contribution is -0.118. The normalized spacial score (nSPS) is 13.9. The van der Waals surface area contributed by atoms with E-state index in [9.17, 15) is 4.79 Å². The van der Waals surface area contributed by atoms with Crippen molar-refractivity contribution in [2.45, 2.75) is 31.2 Å². The van der Waals surface area contributed by atoms with Crippen LogP contribution in [0.1, 0.15) is 23.3 Å². The van der Waals surface area contributed by atoms with E-state index in [1.807, 2.05) is 17.0 Å². The van der Waals surface area contributed by atoms with Crippen molar-refractivity contribution in [2.75, 3.05) is 17.2 Å². The van der Waals surface area contributed by atoms with Crippen molar-refractivity contribution < 1.29 is 4.79 Å². The first-order chi connectivity index (χ1) is 12.2. The average Bonchev–Trinajstić information content (AvgIpc) is 3.02. The Morgan fingerprint density at radius 2 is 2.20 bits per heavy atom. The summed E-state index contributed by atoms with van der Waals surface area (Å²) in [7, 11) is 0. The summed E-state index contributed by atoms with van der Waals surface area (Å²) < 4.78 is 0. The molecule has 0 fully saturated rings. The van der Waals surface area contributed by atoms with Crippen LogP contribution in [0.4, 0.5) is 5.69 Å². The minimum absolute atomic E-state index is 0.200. The number of carbonyl (C=O) groups is 1. The third kappa shape index (κ3) is 3.41. The SMILES string of the molecule is Cc1cc2c(SCCC(=O)N3CCCc4ccccc43)ncnc2s1. The van der Waals surface area contributed by atoms with Gasteiger partial charge in [0.05, 0.1) is 0 Å². The number of rotatable bonds is 4. The number of carbonyl (C=O) groups excluding carboxylic acids is 1. The highest BCUT2D eigenvalue weighted by Crippen LogP contribution is 2.31. The maximum absolute atomic E-state index is 12.7. The van der Waals surface area contributed by atoms with E-state index in [1.54, 1.807) is 29.4 Å². The summed E-state index contributed by atoms with van der Waals surface area (Å²) in [6, 6.07) is 10.4. The van der Waals surface area contributed by atoms with Gasteiger partial charge in [0.25, 0.3) is 0 Å². The molecule has 0 spiro atoms. The van der Waals surface area contributed by atoms with Gasteiger partial charge in [-0.05, 0) is 37.5 Å². The summed E-state index contributed by atoms with van der Waals surface area (Å²) >= 11 is 3.33. The van der Waals surface area contributed by atoms with E-state index in [4.69, 9.17) is 0 Å². The number of thioether (sulfide) groups is 1. The fourth-order valence-electron chi connectivity index (χ4n) is 3.23. The van der Waals surface area contributed by atoms with Crippen molar-refractivity contribution in [3.8, 4) is 0 Å². The Morgan fingerprint density at radius 1 is 1.32 bits per heavy atom. The minimum Gasteiger partial charge on any atom is -0.312 e. The summed E-state index contributed by atoms with van der Waals surface area (Å²) in [5.74, 6) is 0.935. The smallest absolute Gasteiger partial charge is 0.227 e. The molecule has 0 aliphatic carbocycles. The molecule has 4 nitrogen and oxygen atoms in total. The van der Waals surface area contributed by atoms with Crippen LogP contribution in [0.3, 0.4) is 0 Å². The van der Waals surface area contributed by atoms with Crippen molar-refractivity contribution in [3.63, 3.8) is 0 Å². The van der Waals surface area contributed by atoms with E-state index < -0.39 is 0 Å². The Hall–Kier alpha value is -1.92. The topological polar surface area (TPSA) is 46.1 Å². The summed E-state index contributed by atoms with van der Waals surface area (Å²) in [5.41, 5.74) is 2.36. The number of amides is 1. The van der Waals surface area contributed by atoms with E-state index in [-0.39, 0.29) is 5.91 Å². The number of hydrogen-bond donors (Lipinski definition) is 0. The van der Waals surface area contributed by atoms with Crippen LogP contribution in [-0.4, -0.2) is 28.2 Å². The fraction of sp³-hybridized carbons (Fsp3) is 0.316. The van der Waals surface area contributed by atoms with Gasteiger partial charge in [-0.1, -0.05) is 18.2 Å². The molecule has 3 heterocycles. The van der Waals surface area contributed by atoms with Gasteiger partial charge in [-0.2, -0.15) is 0 Å². The zero-order valence-electron chi connectivity index (χ0n) is 14.1. The summed E-state index contributed by atoms with van der Waals surface area (Å²) in [6.07, 6.45) is 4.23. The molecule has 1 aliphatic rings. The standard InChI is InChI=1S/C19H19N3OS2/c1-13-11-15-18(20-12-21-19(15)25-13)24-10-8-17(23)22-9-4-6-14-5-2-3-7-16(14)22/h2-3,5,7,11-12H,4,6,8-10H2,1H3. The average molecular weight is 370 g/mol. The second-order valence-electron chi connectivity index (χ2n) is 6.13. The maximum Gasteiger partial charge on any atom is 0.227 e. The van der Waals surface area contributed by atoms with E-state index >= 15 is 0 Å². The summed E-state index contributed by atoms with van der Waals surface area (Å²) in [4.78, 5) is 25.6. The van der Waals surface area contributed by atoms with E-state index in [0.717, 1.165) is 46.1 Å². The van der Waals surface area contributed by atoms with Gasteiger partial charge in [0.2, 0.25) is 5.91 Å². The highest BCUT2D eigenvalue weighted by molar-refractivity contribution is 7.99. The van der Waals surface area contributed by atoms with Crippen LogP contribution in [0, 0.1) is 6.92 Å². The molecule has 128 valence electrons. The van der Waals surface area contributed by atoms with Gasteiger partial charge in [-0.25, -0.2) is 9.97 Å². The Kier molecular flexibility index (Phi) is 4.72. The first-order valence-electron chi connectivity index (χ1n) is 8.44. The van der Waals surface area contributed by atoms with Crippen LogP contribution in [0.25, 0.3) is 10.2 Å². The molecule has 0 bridgehead atoms. The van der Waals surface area contributed by atoms with Crippen LogP contribution in [0.5, 0.6) is 0 Å². The van der Waals surface area contributed by atoms with Gasteiger partial charge < -0.3 is 4.90 Å². The van der Waals surface area contributed by atoms with E-state index in [2.05, 4.69) is 35.1 Å². The second-order valence-corrected chi connectivity index (χ2v) is 8.45. The van der Waals surface area contributed by atoms with Crippen LogP contribution in [0.15, 0.2) is 41.7 Å². The number of aromatic nitrogens is 2. The molecule has 0 saturated heterocycles. The number of anilines is 1. The highest BCUT2D eigenvalue weighted by atomic mass is 32.2. The summed E-state index contributed by atoms with van der Waals surface area (Å²) in [5, 5.41) is 2.08. The molecular weight excluding hydrogens is 350 g/mol. The molecule has 0 atom stereocenters. The van der Waals surface area contributed by atoms with Gasteiger partial charge >= 0.3 is 0 Å². The fourth-order valence-corrected chi connectivity index (χ4v) is 5.05. The Balaban J connectivity index is 1.43. The first-order valence-corrected chi connectivity index (χ1v) is 10.2. The number of thiophene rings is 1. The highest BCUT2D eigenvalue weighted by Gasteiger charge is 2.21. The first kappa shape index (κ1) is 16.5. The van der Waals surface area contributed by atoms with Crippen molar-refractivity contribution in [1.82, 2.24) is 9.97 Å². The monoisotopic (exact) mass is 369 g/mol. The van der Waals surface area contributed by atoms with Gasteiger partial charge in [0.15, 0.2) is 0 Å². The zero-order chi connectivity index (χ0) is 17.2. The van der Waals surface area contributed by atoms with E-state index in [1.165, 1.54) is 10.4 Å². The third-order valence-electron chi connectivity index (χ3n) is 4.38. The largest absolute Gasteiger partial charge is 0.312 e. The quantitative estimate of drug-likeness (QED) is 0.503. The Labute approximate surface area is 155 Å². The molecule has 0 saturated carbocycles. The zero-order valence-corrected chi connectivity index (χ0v) is 15.7. The van der Waals surface area contributed by atoms with Gasteiger partial charge in [0.1, 0.15) is 16.2 Å². The lowest BCUT2D eigenvalue weighted by Crippen LogP contribution is -2.35. The lowest BCUT2D eigenvalue weighted by Gasteiger charge is -2.29. The molecule has 2 aromatic heterocycles. The van der Waals surface area contributed by atoms with Gasteiger partial charge in [0, 0.05) is 34.7 Å². The van der Waals surface area contributed by atoms with Gasteiger partial charge in [-0.15, -0.1) is 23.1 Å². The number of para-hydroxylation sites is 1. The van der Waals surface area contributed by atoms with Gasteiger partial charge in [-0.3, -0.25) is 4.79 Å². The molecule has 0 N–H and O–H groups in total. The number of aryl methyl sites for hydroxylation is 2. The molecule has 3 aromatic rings. The van der Waals surface area contributed by atoms with Crippen LogP contribution in [-0.2, 0) is 11.2 Å². The molecule has 6 heteroatoms. The van der Waals surface area contributed by atoms with Crippen LogP contribution >= 0.6 is 23.1 Å². The maximum atomic E-state index is 12.7. The van der Waals surface area contributed by atoms with Crippen molar-refractivity contribution in [2.24, 2.45) is 0 Å². The summed E-state index contributed by atoms with van der Waals surface area (Å²) in [6.45, 7) is 2.90. The molecule has 25 heavy (non-hydrogen) atoms. The number of nitrogens with zero attached hydrogens (tertiary/aromatic N) is 3. The van der Waals surface area contributed by atoms with Crippen LogP contribution < -0.4 is 4.90 Å². The molecular formula is C19H19N3OS2. The predicted molar refractivity (Wildman–Crippen MR) is 105 cm³/mol. The number of hydrogen-bond acceptors (Lipinski definition) is 5. The number of fused-ring (bicyclic) bond motifs is 2. The molecule has 0 unspecified atom stereocenters. The molecule has 0 radical (unpaired) electrons. The van der Waals surface area contributed by atoms with Crippen molar-refractivity contribution in [1.29, 1.82) is 0 Å².